The molecule has 1 aromatic carbocycles. The van der Waals surface area contributed by atoms with Crippen LogP contribution in [0, 0.1) is 17.0 Å². The number of hydrogen-bond acceptors (Lipinski definition) is 5. The fourth-order valence-corrected chi connectivity index (χ4v) is 3.07. The molecule has 0 atom stereocenters. The van der Waals surface area contributed by atoms with Crippen LogP contribution in [0.1, 0.15) is 16.8 Å². The van der Waals surface area contributed by atoms with Crippen molar-refractivity contribution >= 4 is 23.0 Å². The van der Waals surface area contributed by atoms with Crippen LogP contribution in [0.15, 0.2) is 23.0 Å². The number of hydrogen-bond donors (Lipinski definition) is 0. The largest absolute Gasteiger partial charge is 0.366 e. The summed E-state index contributed by atoms with van der Waals surface area (Å²) >= 11 is 6.23. The Hall–Kier alpha value is -2.41. The predicted octanol–water partition coefficient (Wildman–Crippen LogP) is 2.21. The van der Waals surface area contributed by atoms with Crippen molar-refractivity contribution < 1.29 is 4.92 Å². The molecule has 0 aliphatic carbocycles. The fourth-order valence-electron chi connectivity index (χ4n) is 2.79. The summed E-state index contributed by atoms with van der Waals surface area (Å²) in [5.74, 6) is 0. The molecule has 23 heavy (non-hydrogen) atoms. The average Bonchev–Trinajstić information content (AvgIpc) is 2.49. The van der Waals surface area contributed by atoms with Crippen molar-refractivity contribution in [3.8, 4) is 0 Å². The first-order valence-electron chi connectivity index (χ1n) is 7.12. The molecule has 1 aromatic heterocycles. The minimum absolute atomic E-state index is 0.00620. The second-order valence-corrected chi connectivity index (χ2v) is 6.00. The van der Waals surface area contributed by atoms with Gasteiger partial charge in [0, 0.05) is 49.8 Å². The number of anilines is 1. The Morgan fingerprint density at radius 1 is 1.35 bits per heavy atom. The fraction of sp³-hybridized carbons (Fsp3) is 0.333. The molecule has 3 rings (SSSR count). The topological polar surface area (TPSA) is 81.3 Å². The maximum atomic E-state index is 11.8. The number of benzene rings is 1. The van der Waals surface area contributed by atoms with Crippen molar-refractivity contribution in [2.24, 2.45) is 7.05 Å². The van der Waals surface area contributed by atoms with Gasteiger partial charge in [0.25, 0.3) is 11.2 Å². The predicted molar refractivity (Wildman–Crippen MR) is 87.1 cm³/mol. The highest BCUT2D eigenvalue weighted by Gasteiger charge is 2.23. The quantitative estimate of drug-likeness (QED) is 0.621. The van der Waals surface area contributed by atoms with Crippen LogP contribution < -0.4 is 10.5 Å². The number of fused-ring (bicyclic) bond motifs is 1. The van der Waals surface area contributed by atoms with Crippen molar-refractivity contribution in [1.29, 1.82) is 0 Å². The van der Waals surface area contributed by atoms with Gasteiger partial charge in [0.2, 0.25) is 0 Å². The molecule has 1 aliphatic heterocycles. The highest BCUT2D eigenvalue weighted by molar-refractivity contribution is 6.33. The second-order valence-electron chi connectivity index (χ2n) is 5.60. The van der Waals surface area contributed by atoms with Crippen LogP contribution in [0.2, 0.25) is 5.02 Å². The van der Waals surface area contributed by atoms with Crippen molar-refractivity contribution in [3.63, 3.8) is 0 Å². The van der Waals surface area contributed by atoms with E-state index in [0.717, 1.165) is 16.9 Å². The van der Waals surface area contributed by atoms with Gasteiger partial charge >= 0.3 is 0 Å². The summed E-state index contributed by atoms with van der Waals surface area (Å²) < 4.78 is 1.33. The van der Waals surface area contributed by atoms with Gasteiger partial charge in [-0.1, -0.05) is 11.6 Å². The van der Waals surface area contributed by atoms with Crippen molar-refractivity contribution in [2.75, 3.05) is 11.4 Å². The molecule has 120 valence electrons. The van der Waals surface area contributed by atoms with Gasteiger partial charge in [-0.25, -0.2) is 4.68 Å². The van der Waals surface area contributed by atoms with E-state index in [1.54, 1.807) is 26.1 Å². The lowest BCUT2D eigenvalue weighted by Crippen LogP contribution is -2.34. The zero-order valence-corrected chi connectivity index (χ0v) is 13.5. The molecule has 2 heterocycles. The van der Waals surface area contributed by atoms with Crippen molar-refractivity contribution in [1.82, 2.24) is 9.78 Å². The van der Waals surface area contributed by atoms with Gasteiger partial charge in [0.1, 0.15) is 0 Å². The Balaban J connectivity index is 1.98. The van der Waals surface area contributed by atoms with Gasteiger partial charge in [0.05, 0.1) is 21.3 Å². The minimum atomic E-state index is -0.440. The molecule has 0 amide bonds. The molecule has 0 saturated carbocycles. The molecule has 0 N–H and O–H groups in total. The Morgan fingerprint density at radius 2 is 2.09 bits per heavy atom. The lowest BCUT2D eigenvalue weighted by Gasteiger charge is -2.30. The van der Waals surface area contributed by atoms with Gasteiger partial charge in [0.15, 0.2) is 0 Å². The first-order valence-corrected chi connectivity index (χ1v) is 7.50. The molecule has 0 radical (unpaired) electrons. The van der Waals surface area contributed by atoms with Gasteiger partial charge in [-0.05, 0) is 13.0 Å². The summed E-state index contributed by atoms with van der Waals surface area (Å²) in [5, 5.41) is 15.6. The van der Waals surface area contributed by atoms with Crippen LogP contribution in [0.3, 0.4) is 0 Å². The van der Waals surface area contributed by atoms with E-state index in [4.69, 9.17) is 11.6 Å². The number of rotatable bonds is 2. The number of aromatic nitrogens is 2. The van der Waals surface area contributed by atoms with E-state index in [1.807, 2.05) is 4.90 Å². The van der Waals surface area contributed by atoms with Crippen molar-refractivity contribution in [2.45, 2.75) is 19.9 Å². The zero-order chi connectivity index (χ0) is 16.7. The third-order valence-electron chi connectivity index (χ3n) is 4.04. The molecule has 2 aromatic rings. The number of nitro groups is 1. The maximum Gasteiger partial charge on any atom is 0.273 e. The monoisotopic (exact) mass is 334 g/mol. The Morgan fingerprint density at radius 3 is 2.78 bits per heavy atom. The smallest absolute Gasteiger partial charge is 0.273 e. The maximum absolute atomic E-state index is 11.8. The summed E-state index contributed by atoms with van der Waals surface area (Å²) in [6.45, 7) is 2.89. The lowest BCUT2D eigenvalue weighted by atomic mass is 10.0. The summed E-state index contributed by atoms with van der Waals surface area (Å²) in [7, 11) is 1.63. The Kier molecular flexibility index (Phi) is 3.81. The van der Waals surface area contributed by atoms with Crippen LogP contribution in [0.25, 0.3) is 0 Å². The summed E-state index contributed by atoms with van der Waals surface area (Å²) in [4.78, 5) is 24.3. The third-order valence-corrected chi connectivity index (χ3v) is 4.34. The zero-order valence-electron chi connectivity index (χ0n) is 12.7. The molecular weight excluding hydrogens is 320 g/mol. The molecule has 0 bridgehead atoms. The Labute approximate surface area is 137 Å². The molecule has 0 fully saturated rings. The SMILES string of the molecule is Cc1cc(N2CCc3nn(C)c(=O)cc3C2)c(Cl)cc1[N+](=O)[O-]. The van der Waals surface area contributed by atoms with E-state index in [0.29, 0.717) is 30.1 Å². The Bertz CT molecular complexity index is 863. The molecule has 0 spiro atoms. The molecule has 1 aliphatic rings. The van der Waals surface area contributed by atoms with Crippen LogP contribution in [0.4, 0.5) is 11.4 Å². The van der Waals surface area contributed by atoms with E-state index in [9.17, 15) is 14.9 Å². The first-order chi connectivity index (χ1) is 10.9. The highest BCUT2D eigenvalue weighted by Crippen LogP contribution is 2.34. The number of halogens is 1. The van der Waals surface area contributed by atoms with Crippen LogP contribution in [-0.2, 0) is 20.0 Å². The van der Waals surface area contributed by atoms with Gasteiger partial charge in [-0.15, -0.1) is 0 Å². The average molecular weight is 335 g/mol. The summed E-state index contributed by atoms with van der Waals surface area (Å²) in [6, 6.07) is 4.69. The standard InChI is InChI=1S/C15H15ClN4O3/c1-9-5-14(11(16)7-13(9)20(22)23)19-4-3-12-10(8-19)6-15(21)18(2)17-12/h5-7H,3-4,8H2,1-2H3. The lowest BCUT2D eigenvalue weighted by molar-refractivity contribution is -0.385. The second kappa shape index (κ2) is 5.66. The van der Waals surface area contributed by atoms with Crippen LogP contribution in [0.5, 0.6) is 0 Å². The van der Waals surface area contributed by atoms with Crippen molar-refractivity contribution in [3.05, 3.63) is 60.5 Å². The van der Waals surface area contributed by atoms with E-state index in [2.05, 4.69) is 5.10 Å². The summed E-state index contributed by atoms with van der Waals surface area (Å²) in [6.07, 6.45) is 0.690. The van der Waals surface area contributed by atoms with Crippen LogP contribution >= 0.6 is 11.6 Å². The van der Waals surface area contributed by atoms with E-state index in [1.165, 1.54) is 10.7 Å². The van der Waals surface area contributed by atoms with E-state index >= 15 is 0 Å². The van der Waals surface area contributed by atoms with E-state index in [-0.39, 0.29) is 11.2 Å². The summed E-state index contributed by atoms with van der Waals surface area (Å²) in [5.41, 5.74) is 2.91. The molecule has 0 saturated heterocycles. The van der Waals surface area contributed by atoms with Gasteiger partial charge in [-0.2, -0.15) is 5.10 Å². The van der Waals surface area contributed by atoms with Crippen LogP contribution in [-0.4, -0.2) is 21.2 Å². The molecule has 0 unspecified atom stereocenters. The normalized spacial score (nSPS) is 13.8. The van der Waals surface area contributed by atoms with E-state index < -0.39 is 4.92 Å². The molecule has 7 nitrogen and oxygen atoms in total. The molecule has 8 heteroatoms. The number of nitro benzene ring substituents is 1. The first kappa shape index (κ1) is 15.5. The third kappa shape index (κ3) is 2.79. The molecular formula is C15H15ClN4O3. The highest BCUT2D eigenvalue weighted by atomic mass is 35.5. The number of nitrogens with zero attached hydrogens (tertiary/aromatic N) is 4. The van der Waals surface area contributed by atoms with Gasteiger partial charge in [-0.3, -0.25) is 14.9 Å². The minimum Gasteiger partial charge on any atom is -0.366 e. The van der Waals surface area contributed by atoms with Gasteiger partial charge < -0.3 is 4.90 Å². The number of aryl methyl sites for hydroxylation is 2.